The van der Waals surface area contributed by atoms with E-state index in [1.807, 2.05) is 42.5 Å². The normalized spacial score (nSPS) is 23.8. The average molecular weight is 475 g/mol. The highest BCUT2D eigenvalue weighted by atomic mass is 32.1. The van der Waals surface area contributed by atoms with Crippen LogP contribution in [0.5, 0.6) is 0 Å². The van der Waals surface area contributed by atoms with Gasteiger partial charge in [0.05, 0.1) is 24.9 Å². The smallest absolute Gasteiger partial charge is 0.348 e. The molecule has 1 aromatic heterocycles. The highest BCUT2D eigenvalue weighted by Gasteiger charge is 2.39. The van der Waals surface area contributed by atoms with Crippen LogP contribution in [0.1, 0.15) is 45.8 Å². The van der Waals surface area contributed by atoms with Crippen molar-refractivity contribution in [3.63, 3.8) is 0 Å². The summed E-state index contributed by atoms with van der Waals surface area (Å²) in [5.41, 5.74) is 1.18. The second-order valence-electron chi connectivity index (χ2n) is 8.61. The number of benzene rings is 1. The molecule has 1 fully saturated rings. The summed E-state index contributed by atoms with van der Waals surface area (Å²) in [6.45, 7) is -0.205. The summed E-state index contributed by atoms with van der Waals surface area (Å²) in [5, 5.41) is 40.0. The van der Waals surface area contributed by atoms with Crippen LogP contribution in [0.15, 0.2) is 54.6 Å². The summed E-state index contributed by atoms with van der Waals surface area (Å²) in [4.78, 5) is 13.4. The summed E-state index contributed by atoms with van der Waals surface area (Å²) in [6, 6.07) is 13.7. The van der Waals surface area contributed by atoms with Crippen LogP contribution in [0.25, 0.3) is 0 Å². The number of esters is 1. The molecule has 7 heteroatoms. The third-order valence-corrected chi connectivity index (χ3v) is 7.32. The molecule has 1 aliphatic carbocycles. The molecule has 0 bridgehead atoms. The zero-order valence-corrected chi connectivity index (χ0v) is 19.6. The van der Waals surface area contributed by atoms with Gasteiger partial charge in [-0.2, -0.15) is 0 Å². The number of carbonyl (C=O) groups excluding carboxylic acids is 1. The van der Waals surface area contributed by atoms with Crippen LogP contribution in [0, 0.1) is 11.8 Å². The van der Waals surface area contributed by atoms with Crippen LogP contribution in [-0.2, 0) is 17.6 Å². The molecule has 1 heterocycles. The lowest BCUT2D eigenvalue weighted by molar-refractivity contribution is 0.0439. The Morgan fingerprint density at radius 2 is 1.91 bits per heavy atom. The lowest BCUT2D eigenvalue weighted by Gasteiger charge is -2.21. The first kappa shape index (κ1) is 25.6. The molecule has 0 amide bonds. The number of aryl methyl sites for hydroxylation is 2. The van der Waals surface area contributed by atoms with Crippen molar-refractivity contribution in [3.05, 3.63) is 69.9 Å². The standard InChI is InChI=1S/C26H34O6S/c27-15-16-32-26(31)25-14-12-20(33-25)7-4-8-21-22(24(30)17-23(21)29)13-11-19(28)10-9-18-5-2-1-3-6-18/h1-3,5-6,11-14,19,21-24,27-30H,4,7-10,15-17H2/b13-11+/t19-,21+,22+,23-,24+/m0/s1. The van der Waals surface area contributed by atoms with Gasteiger partial charge in [-0.3, -0.25) is 0 Å². The molecule has 180 valence electrons. The minimum atomic E-state index is -0.614. The molecule has 0 unspecified atom stereocenters. The number of ether oxygens (including phenoxy) is 1. The van der Waals surface area contributed by atoms with Crippen molar-refractivity contribution < 1.29 is 30.0 Å². The second-order valence-corrected chi connectivity index (χ2v) is 9.77. The van der Waals surface area contributed by atoms with Crippen molar-refractivity contribution >= 4 is 17.3 Å². The van der Waals surface area contributed by atoms with E-state index in [0.29, 0.717) is 17.7 Å². The average Bonchev–Trinajstić information content (AvgIpc) is 3.39. The van der Waals surface area contributed by atoms with Crippen LogP contribution in [0.3, 0.4) is 0 Å². The van der Waals surface area contributed by atoms with E-state index < -0.39 is 24.3 Å². The lowest BCUT2D eigenvalue weighted by Crippen LogP contribution is -2.21. The van der Waals surface area contributed by atoms with Crippen LogP contribution >= 0.6 is 11.3 Å². The maximum atomic E-state index is 11.9. The molecule has 0 aliphatic heterocycles. The summed E-state index contributed by atoms with van der Waals surface area (Å²) < 4.78 is 4.94. The Morgan fingerprint density at radius 1 is 1.12 bits per heavy atom. The number of rotatable bonds is 12. The van der Waals surface area contributed by atoms with Gasteiger partial charge in [0, 0.05) is 17.2 Å². The molecule has 6 nitrogen and oxygen atoms in total. The Morgan fingerprint density at radius 3 is 2.67 bits per heavy atom. The molecule has 33 heavy (non-hydrogen) atoms. The largest absolute Gasteiger partial charge is 0.459 e. The Labute approximate surface area is 199 Å². The van der Waals surface area contributed by atoms with Gasteiger partial charge in [0.15, 0.2) is 0 Å². The molecule has 0 radical (unpaired) electrons. The minimum Gasteiger partial charge on any atom is -0.459 e. The van der Waals surface area contributed by atoms with Gasteiger partial charge < -0.3 is 25.2 Å². The molecule has 2 aromatic rings. The molecule has 0 saturated heterocycles. The van der Waals surface area contributed by atoms with Crippen molar-refractivity contribution in [3.8, 4) is 0 Å². The number of aliphatic hydroxyl groups excluding tert-OH is 4. The van der Waals surface area contributed by atoms with E-state index in [2.05, 4.69) is 0 Å². The predicted molar refractivity (Wildman–Crippen MR) is 128 cm³/mol. The molecule has 1 saturated carbocycles. The van der Waals surface area contributed by atoms with E-state index in [-0.39, 0.29) is 25.0 Å². The van der Waals surface area contributed by atoms with E-state index in [1.165, 1.54) is 16.9 Å². The summed E-state index contributed by atoms with van der Waals surface area (Å²) in [7, 11) is 0. The van der Waals surface area contributed by atoms with Gasteiger partial charge in [0.25, 0.3) is 0 Å². The SMILES string of the molecule is O=C(OCCO)c1ccc(CCC[C@@H]2[C@@H](/C=C/[C@@H](O)CCc3ccccc3)[C@H](O)C[C@@H]2O)s1. The zero-order chi connectivity index (χ0) is 23.6. The summed E-state index contributed by atoms with van der Waals surface area (Å²) in [6.07, 6.45) is 5.93. The van der Waals surface area contributed by atoms with Crippen LogP contribution < -0.4 is 0 Å². The van der Waals surface area contributed by atoms with Crippen molar-refractivity contribution in [2.75, 3.05) is 13.2 Å². The third-order valence-electron chi connectivity index (χ3n) is 6.19. The van der Waals surface area contributed by atoms with Gasteiger partial charge in [-0.1, -0.05) is 42.5 Å². The monoisotopic (exact) mass is 474 g/mol. The number of carbonyl (C=O) groups is 1. The van der Waals surface area contributed by atoms with Gasteiger partial charge in [0.2, 0.25) is 0 Å². The third kappa shape index (κ3) is 7.76. The number of thiophene rings is 1. The summed E-state index contributed by atoms with van der Waals surface area (Å²) in [5.74, 6) is -0.670. The van der Waals surface area contributed by atoms with Crippen LogP contribution in [-0.4, -0.2) is 57.9 Å². The first-order valence-corrected chi connectivity index (χ1v) is 12.4. The zero-order valence-electron chi connectivity index (χ0n) is 18.8. The predicted octanol–water partition coefficient (Wildman–Crippen LogP) is 3.13. The molecule has 1 aromatic carbocycles. The minimum absolute atomic E-state index is 0.0101. The maximum absolute atomic E-state index is 11.9. The lowest BCUT2D eigenvalue weighted by atomic mass is 9.88. The Hall–Kier alpha value is -2.03. The molecule has 1 aliphatic rings. The van der Waals surface area contributed by atoms with Crippen LogP contribution in [0.2, 0.25) is 0 Å². The number of aliphatic hydroxyl groups is 4. The highest BCUT2D eigenvalue weighted by Crippen LogP contribution is 2.37. The van der Waals surface area contributed by atoms with E-state index >= 15 is 0 Å². The van der Waals surface area contributed by atoms with Gasteiger partial charge >= 0.3 is 5.97 Å². The number of hydrogen-bond acceptors (Lipinski definition) is 7. The molecule has 4 N–H and O–H groups in total. The molecular formula is C26H34O6S. The Bertz CT molecular complexity index is 880. The Balaban J connectivity index is 1.48. The van der Waals surface area contributed by atoms with Crippen molar-refractivity contribution in [1.29, 1.82) is 0 Å². The first-order chi connectivity index (χ1) is 16.0. The summed E-state index contributed by atoms with van der Waals surface area (Å²) >= 11 is 1.38. The van der Waals surface area contributed by atoms with Crippen LogP contribution in [0.4, 0.5) is 0 Å². The van der Waals surface area contributed by atoms with E-state index in [0.717, 1.165) is 30.6 Å². The fourth-order valence-electron chi connectivity index (χ4n) is 4.43. The van der Waals surface area contributed by atoms with Gasteiger partial charge in [-0.05, 0) is 55.7 Å². The van der Waals surface area contributed by atoms with E-state index in [9.17, 15) is 20.1 Å². The molecular weight excluding hydrogens is 440 g/mol. The topological polar surface area (TPSA) is 107 Å². The Kier molecular flexibility index (Phi) is 10.1. The molecule has 3 rings (SSSR count). The fourth-order valence-corrected chi connectivity index (χ4v) is 5.38. The molecule has 0 spiro atoms. The first-order valence-electron chi connectivity index (χ1n) is 11.6. The fraction of sp³-hybridized carbons (Fsp3) is 0.500. The van der Waals surface area contributed by atoms with Crippen molar-refractivity contribution in [1.82, 2.24) is 0 Å². The van der Waals surface area contributed by atoms with E-state index in [4.69, 9.17) is 9.84 Å². The van der Waals surface area contributed by atoms with Gasteiger partial charge in [0.1, 0.15) is 11.5 Å². The maximum Gasteiger partial charge on any atom is 0.348 e. The van der Waals surface area contributed by atoms with Crippen molar-refractivity contribution in [2.24, 2.45) is 11.8 Å². The van der Waals surface area contributed by atoms with Gasteiger partial charge in [-0.25, -0.2) is 4.79 Å². The van der Waals surface area contributed by atoms with Gasteiger partial charge in [-0.15, -0.1) is 11.3 Å². The quantitative estimate of drug-likeness (QED) is 0.278. The number of hydrogen-bond donors (Lipinski definition) is 4. The molecule has 5 atom stereocenters. The highest BCUT2D eigenvalue weighted by molar-refractivity contribution is 7.13. The van der Waals surface area contributed by atoms with Crippen molar-refractivity contribution in [2.45, 2.75) is 56.8 Å². The van der Waals surface area contributed by atoms with E-state index in [1.54, 1.807) is 12.1 Å². The second kappa shape index (κ2) is 13.0.